The molecule has 0 bridgehead atoms. The molecule has 0 saturated carbocycles. The van der Waals surface area contributed by atoms with Gasteiger partial charge >= 0.3 is 6.03 Å². The van der Waals surface area contributed by atoms with Crippen LogP contribution in [0.4, 0.5) is 16.2 Å². The predicted molar refractivity (Wildman–Crippen MR) is 186 cm³/mol. The quantitative estimate of drug-likeness (QED) is 0.191. The molecule has 1 N–H and O–H groups in total. The lowest BCUT2D eigenvalue weighted by atomic mass is 9.78. The van der Waals surface area contributed by atoms with Crippen molar-refractivity contribution in [1.29, 1.82) is 0 Å². The second kappa shape index (κ2) is 12.7. The summed E-state index contributed by atoms with van der Waals surface area (Å²) < 4.78 is 5.83. The van der Waals surface area contributed by atoms with E-state index >= 15 is 0 Å². The number of nitrogens with zero attached hydrogens (tertiary/aromatic N) is 2. The van der Waals surface area contributed by atoms with Crippen LogP contribution in [0.2, 0.25) is 0 Å². The van der Waals surface area contributed by atoms with E-state index in [1.165, 1.54) is 48.9 Å². The molecule has 6 nitrogen and oxygen atoms in total. The topological polar surface area (TPSA) is 63.7 Å². The van der Waals surface area contributed by atoms with Gasteiger partial charge < -0.3 is 10.1 Å². The highest BCUT2D eigenvalue weighted by molar-refractivity contribution is 7.16. The minimum atomic E-state index is -0.480. The number of amides is 2. The van der Waals surface area contributed by atoms with Crippen LogP contribution in [0.3, 0.4) is 0 Å². The summed E-state index contributed by atoms with van der Waals surface area (Å²) in [5, 5.41) is 4.23. The van der Waals surface area contributed by atoms with Gasteiger partial charge in [0, 0.05) is 29.0 Å². The van der Waals surface area contributed by atoms with Gasteiger partial charge in [-0.05, 0) is 119 Å². The van der Waals surface area contributed by atoms with E-state index in [1.54, 1.807) is 35.9 Å². The molecule has 0 spiro atoms. The molecule has 3 aromatic carbocycles. The van der Waals surface area contributed by atoms with E-state index < -0.39 is 12.3 Å². The zero-order valence-electron chi connectivity index (χ0n) is 25.6. The molecule has 2 amide bonds. The number of fused-ring (bicyclic) bond motifs is 5. The Hall–Kier alpha value is -4.56. The Balaban J connectivity index is 1.06. The number of hydrogen-bond acceptors (Lipinski definition) is 5. The predicted octanol–water partition coefficient (Wildman–Crippen LogP) is 9.56. The van der Waals surface area contributed by atoms with E-state index in [0.717, 1.165) is 55.4 Å². The molecule has 2 aromatic heterocycles. The Morgan fingerprint density at radius 2 is 1.78 bits per heavy atom. The van der Waals surface area contributed by atoms with Crippen molar-refractivity contribution >= 4 is 40.4 Å². The van der Waals surface area contributed by atoms with Gasteiger partial charge in [-0.1, -0.05) is 54.6 Å². The van der Waals surface area contributed by atoms with Crippen LogP contribution in [-0.2, 0) is 28.8 Å². The Kier molecular flexibility index (Phi) is 7.96. The number of urea groups is 1. The lowest BCUT2D eigenvalue weighted by Crippen LogP contribution is -2.40. The van der Waals surface area contributed by atoms with E-state index in [0.29, 0.717) is 18.0 Å². The molecule has 0 radical (unpaired) electrons. The number of allylic oxidation sites excluding steroid dienone is 1. The molecule has 1 fully saturated rings. The standard InChI is InChI=1S/C39H35N3O3S/c43-39(41-30-9-6-21-40-25-30)42(45-38-12-3-4-22-44-38)31-10-5-8-28(24-31)36-19-20-37(46-36)29-15-16-33-27(23-29)14-18-34-32-11-2-1-7-26(32)13-17-35(33)34/h1-2,5-11,14,18-21,23-25,38H,3-4,12-13,15-17,22H2,(H,41,43)/t38-/m0/s1. The third-order valence-corrected chi connectivity index (χ3v) is 10.3. The van der Waals surface area contributed by atoms with Gasteiger partial charge in [0.25, 0.3) is 0 Å². The maximum absolute atomic E-state index is 13.5. The van der Waals surface area contributed by atoms with Gasteiger partial charge in [0.1, 0.15) is 0 Å². The summed E-state index contributed by atoms with van der Waals surface area (Å²) in [4.78, 5) is 26.2. The summed E-state index contributed by atoms with van der Waals surface area (Å²) in [5.41, 5.74) is 12.3. The fourth-order valence-corrected chi connectivity index (χ4v) is 7.90. The smallest absolute Gasteiger partial charge is 0.350 e. The van der Waals surface area contributed by atoms with Gasteiger partial charge in [-0.2, -0.15) is 5.06 Å². The minimum Gasteiger partial charge on any atom is -0.350 e. The highest BCUT2D eigenvalue weighted by atomic mass is 32.1. The first-order chi connectivity index (χ1) is 22.7. The average Bonchev–Trinajstić information content (AvgIpc) is 3.62. The fourth-order valence-electron chi connectivity index (χ4n) is 6.85. The fraction of sp³-hybridized carbons (Fsp3) is 0.231. The molecule has 8 rings (SSSR count). The van der Waals surface area contributed by atoms with Gasteiger partial charge in [-0.3, -0.25) is 4.98 Å². The first kappa shape index (κ1) is 28.9. The zero-order valence-corrected chi connectivity index (χ0v) is 26.4. The van der Waals surface area contributed by atoms with Crippen LogP contribution in [0.1, 0.15) is 52.8 Å². The number of benzene rings is 3. The number of nitrogens with one attached hydrogen (secondary N) is 1. The van der Waals surface area contributed by atoms with Crippen LogP contribution >= 0.6 is 11.3 Å². The number of hydroxylamine groups is 1. The highest BCUT2D eigenvalue weighted by Gasteiger charge is 2.26. The van der Waals surface area contributed by atoms with Crippen molar-refractivity contribution in [2.45, 2.75) is 51.2 Å². The maximum Gasteiger partial charge on any atom is 0.350 e. The number of aryl methyl sites for hydroxylation is 1. The molecule has 7 heteroatoms. The van der Waals surface area contributed by atoms with Gasteiger partial charge in [-0.15, -0.1) is 11.3 Å². The van der Waals surface area contributed by atoms with Crippen LogP contribution in [0.25, 0.3) is 33.2 Å². The molecule has 1 aliphatic heterocycles. The van der Waals surface area contributed by atoms with Gasteiger partial charge in [0.2, 0.25) is 0 Å². The number of aromatic nitrogens is 1. The lowest BCUT2D eigenvalue weighted by molar-refractivity contribution is -0.162. The third kappa shape index (κ3) is 5.78. The zero-order chi connectivity index (χ0) is 30.9. The molecule has 230 valence electrons. The summed E-state index contributed by atoms with van der Waals surface area (Å²) in [7, 11) is 0. The highest BCUT2D eigenvalue weighted by Crippen LogP contribution is 2.42. The molecule has 5 aromatic rings. The minimum absolute atomic E-state index is 0.400. The van der Waals surface area contributed by atoms with E-state index in [4.69, 9.17) is 9.57 Å². The van der Waals surface area contributed by atoms with Crippen LogP contribution in [0, 0.1) is 0 Å². The summed E-state index contributed by atoms with van der Waals surface area (Å²) in [6, 6.07) is 29.1. The monoisotopic (exact) mass is 625 g/mol. The van der Waals surface area contributed by atoms with E-state index in [1.807, 2.05) is 18.2 Å². The Morgan fingerprint density at radius 1 is 0.870 bits per heavy atom. The van der Waals surface area contributed by atoms with E-state index in [-0.39, 0.29) is 0 Å². The van der Waals surface area contributed by atoms with Gasteiger partial charge in [0.05, 0.1) is 17.6 Å². The molecule has 46 heavy (non-hydrogen) atoms. The number of thiophene rings is 1. The molecule has 3 heterocycles. The number of anilines is 2. The van der Waals surface area contributed by atoms with Crippen molar-refractivity contribution in [3.8, 4) is 21.6 Å². The Bertz CT molecular complexity index is 1930. The number of carbonyl (C=O) groups is 1. The van der Waals surface area contributed by atoms with Crippen molar-refractivity contribution in [3.05, 3.63) is 124 Å². The van der Waals surface area contributed by atoms with E-state index in [9.17, 15) is 4.79 Å². The number of carbonyl (C=O) groups excluding carboxylic acids is 1. The number of pyridine rings is 1. The molecule has 3 aliphatic rings. The molecule has 2 aliphatic carbocycles. The number of ether oxygens (including phenoxy) is 1. The van der Waals surface area contributed by atoms with Crippen LogP contribution < -0.4 is 10.4 Å². The molecule has 1 saturated heterocycles. The summed E-state index contributed by atoms with van der Waals surface area (Å²) >= 11 is 1.79. The van der Waals surface area contributed by atoms with Crippen molar-refractivity contribution in [2.75, 3.05) is 17.0 Å². The largest absolute Gasteiger partial charge is 0.350 e. The lowest BCUT2D eigenvalue weighted by Gasteiger charge is -2.29. The first-order valence-corrected chi connectivity index (χ1v) is 16.9. The van der Waals surface area contributed by atoms with Crippen molar-refractivity contribution < 1.29 is 14.4 Å². The van der Waals surface area contributed by atoms with E-state index in [2.05, 4.69) is 71.0 Å². The average molecular weight is 626 g/mol. The number of rotatable bonds is 6. The normalized spacial score (nSPS) is 16.9. The van der Waals surface area contributed by atoms with Gasteiger partial charge in [-0.25, -0.2) is 9.63 Å². The number of hydrogen-bond donors (Lipinski definition) is 1. The van der Waals surface area contributed by atoms with Crippen LogP contribution in [0.15, 0.2) is 97.3 Å². The first-order valence-electron chi connectivity index (χ1n) is 16.1. The summed E-state index contributed by atoms with van der Waals surface area (Å²) in [5.74, 6) is 0. The molecular formula is C39H35N3O3S. The van der Waals surface area contributed by atoms with Crippen LogP contribution in [0.5, 0.6) is 0 Å². The molecule has 0 unspecified atom stereocenters. The van der Waals surface area contributed by atoms with Crippen LogP contribution in [-0.4, -0.2) is 23.9 Å². The second-order valence-corrected chi connectivity index (χ2v) is 13.2. The molecular weight excluding hydrogens is 591 g/mol. The van der Waals surface area contributed by atoms with Crippen molar-refractivity contribution in [1.82, 2.24) is 4.98 Å². The molecule has 1 atom stereocenters. The third-order valence-electron chi connectivity index (χ3n) is 9.14. The van der Waals surface area contributed by atoms with Crippen molar-refractivity contribution in [3.63, 3.8) is 0 Å². The Labute approximate surface area is 273 Å². The maximum atomic E-state index is 13.5. The van der Waals surface area contributed by atoms with Crippen molar-refractivity contribution in [2.24, 2.45) is 0 Å². The second-order valence-electron chi connectivity index (χ2n) is 12.1. The summed E-state index contributed by atoms with van der Waals surface area (Å²) in [6.45, 7) is 0.623. The van der Waals surface area contributed by atoms with Gasteiger partial charge in [0.15, 0.2) is 6.29 Å². The SMILES string of the molecule is O=C(Nc1cccnc1)N(O[C@H]1CCCCO1)c1cccc(-c2ccc(C3=Cc4ccc5c(c4CC3)CCc3ccccc3-5)s2)c1. The Morgan fingerprint density at radius 3 is 2.67 bits per heavy atom. The summed E-state index contributed by atoms with van der Waals surface area (Å²) in [6.07, 6.45) is 12.3.